The molecule has 1 amide bonds. The molecule has 0 spiro atoms. The van der Waals surface area contributed by atoms with Gasteiger partial charge in [0.25, 0.3) is 0 Å². The number of likely N-dealkylation sites (tertiary alicyclic amines) is 1. The smallest absolute Gasteiger partial charge is 0.225 e. The Morgan fingerprint density at radius 2 is 2.07 bits per heavy atom. The number of hydrogen-bond donors (Lipinski definition) is 1. The van der Waals surface area contributed by atoms with E-state index in [1.807, 2.05) is 17.9 Å². The van der Waals surface area contributed by atoms with Gasteiger partial charge in [-0.3, -0.25) is 4.79 Å². The van der Waals surface area contributed by atoms with Crippen LogP contribution in [0.25, 0.3) is 0 Å². The highest BCUT2D eigenvalue weighted by Crippen LogP contribution is 2.28. The van der Waals surface area contributed by atoms with Crippen molar-refractivity contribution in [3.63, 3.8) is 0 Å². The third-order valence-electron chi connectivity index (χ3n) is 5.68. The number of halogens is 2. The first-order valence-electron chi connectivity index (χ1n) is 9.77. The number of carbonyl (C=O) groups is 1. The first-order valence-corrected chi connectivity index (χ1v) is 9.77. The molecule has 1 fully saturated rings. The molecule has 2 aromatic rings. The summed E-state index contributed by atoms with van der Waals surface area (Å²) in [5.41, 5.74) is 0.870. The van der Waals surface area contributed by atoms with Crippen LogP contribution in [0.1, 0.15) is 42.9 Å². The number of rotatable bonds is 4. The Morgan fingerprint density at radius 3 is 2.82 bits per heavy atom. The van der Waals surface area contributed by atoms with Gasteiger partial charge in [0.05, 0.1) is 6.54 Å². The van der Waals surface area contributed by atoms with Crippen molar-refractivity contribution in [2.45, 2.75) is 45.2 Å². The number of hydrogen-bond acceptors (Lipinski definition) is 4. The zero-order valence-corrected chi connectivity index (χ0v) is 16.9. The lowest BCUT2D eigenvalue weighted by Gasteiger charge is -2.33. The van der Waals surface area contributed by atoms with Gasteiger partial charge in [-0.25, -0.2) is 4.39 Å². The monoisotopic (exact) mass is 407 g/mol. The number of benzene rings is 1. The van der Waals surface area contributed by atoms with Crippen LogP contribution in [-0.4, -0.2) is 45.2 Å². The van der Waals surface area contributed by atoms with Gasteiger partial charge in [0.1, 0.15) is 17.5 Å². The van der Waals surface area contributed by atoms with Crippen LogP contribution < -0.4 is 5.32 Å². The predicted octanol–water partition coefficient (Wildman–Crippen LogP) is 2.53. The zero-order valence-electron chi connectivity index (χ0n) is 16.1. The number of fused-ring (bicyclic) bond motifs is 1. The minimum Gasteiger partial charge on any atom is -0.342 e. The van der Waals surface area contributed by atoms with Gasteiger partial charge in [-0.2, -0.15) is 0 Å². The molecule has 1 aromatic heterocycles. The largest absolute Gasteiger partial charge is 0.342 e. The molecule has 8 heteroatoms. The number of piperidine rings is 1. The van der Waals surface area contributed by atoms with E-state index in [4.69, 9.17) is 0 Å². The molecule has 6 nitrogen and oxygen atoms in total. The molecule has 28 heavy (non-hydrogen) atoms. The summed E-state index contributed by atoms with van der Waals surface area (Å²) in [6.07, 6.45) is 2.41. The normalized spacial score (nSPS) is 18.3. The first-order chi connectivity index (χ1) is 13.1. The third-order valence-corrected chi connectivity index (χ3v) is 5.68. The predicted molar refractivity (Wildman–Crippen MR) is 107 cm³/mol. The highest BCUT2D eigenvalue weighted by atomic mass is 35.5. The van der Waals surface area contributed by atoms with Crippen molar-refractivity contribution in [1.82, 2.24) is 25.0 Å². The second kappa shape index (κ2) is 9.01. The maximum Gasteiger partial charge on any atom is 0.225 e. The van der Waals surface area contributed by atoms with Crippen molar-refractivity contribution in [3.05, 3.63) is 47.3 Å². The van der Waals surface area contributed by atoms with E-state index in [0.29, 0.717) is 12.3 Å². The molecule has 1 N–H and O–H groups in total. The van der Waals surface area contributed by atoms with Crippen molar-refractivity contribution in [3.8, 4) is 0 Å². The lowest BCUT2D eigenvalue weighted by molar-refractivity contribution is -0.136. The number of carbonyl (C=O) groups excluding carboxylic acids is 1. The van der Waals surface area contributed by atoms with Gasteiger partial charge >= 0.3 is 0 Å². The van der Waals surface area contributed by atoms with Crippen LogP contribution in [0, 0.1) is 11.7 Å². The van der Waals surface area contributed by atoms with Crippen LogP contribution in [-0.2, 0) is 24.3 Å². The van der Waals surface area contributed by atoms with Gasteiger partial charge in [-0.15, -0.1) is 22.6 Å². The Labute approximate surface area is 170 Å². The maximum absolute atomic E-state index is 13.4. The van der Waals surface area contributed by atoms with E-state index < -0.39 is 0 Å². The molecular formula is C20H27ClFN5O. The minimum absolute atomic E-state index is 0. The van der Waals surface area contributed by atoms with Crippen molar-refractivity contribution >= 4 is 18.3 Å². The van der Waals surface area contributed by atoms with Crippen molar-refractivity contribution in [2.24, 2.45) is 5.92 Å². The Kier molecular flexibility index (Phi) is 6.67. The van der Waals surface area contributed by atoms with E-state index in [1.54, 1.807) is 6.07 Å². The Bertz CT molecular complexity index is 819. The molecule has 0 bridgehead atoms. The topological polar surface area (TPSA) is 63.1 Å². The van der Waals surface area contributed by atoms with E-state index >= 15 is 0 Å². The van der Waals surface area contributed by atoms with E-state index in [1.165, 1.54) is 12.1 Å². The van der Waals surface area contributed by atoms with Gasteiger partial charge < -0.3 is 14.8 Å². The molecule has 3 heterocycles. The van der Waals surface area contributed by atoms with E-state index in [9.17, 15) is 9.18 Å². The quantitative estimate of drug-likeness (QED) is 0.845. The second-order valence-electron chi connectivity index (χ2n) is 7.64. The highest BCUT2D eigenvalue weighted by molar-refractivity contribution is 5.85. The molecule has 2 aliphatic heterocycles. The van der Waals surface area contributed by atoms with Crippen LogP contribution in [0.3, 0.4) is 0 Å². The molecule has 0 radical (unpaired) electrons. The molecule has 1 aromatic carbocycles. The Hall–Kier alpha value is -1.99. The standard InChI is InChI=1S/C20H26FN5O.ClH/c1-14(11-15-3-2-4-17(21)12-15)20(27)25-8-5-16(6-9-25)19-24-23-18-13-22-7-10-26(18)19;/h2-4,12,14,16,22H,5-11,13H2,1H3;1H. The van der Waals surface area contributed by atoms with Gasteiger partial charge in [-0.1, -0.05) is 19.1 Å². The lowest BCUT2D eigenvalue weighted by atomic mass is 9.93. The van der Waals surface area contributed by atoms with Gasteiger partial charge in [-0.05, 0) is 37.0 Å². The van der Waals surface area contributed by atoms with Gasteiger partial charge in [0.15, 0.2) is 0 Å². The maximum atomic E-state index is 13.4. The molecule has 1 atom stereocenters. The summed E-state index contributed by atoms with van der Waals surface area (Å²) in [6, 6.07) is 6.52. The van der Waals surface area contributed by atoms with Gasteiger partial charge in [0.2, 0.25) is 5.91 Å². The fraction of sp³-hybridized carbons (Fsp3) is 0.550. The number of aromatic nitrogens is 3. The average Bonchev–Trinajstić information content (AvgIpc) is 3.12. The number of nitrogens with zero attached hydrogens (tertiary/aromatic N) is 4. The lowest BCUT2D eigenvalue weighted by Crippen LogP contribution is -2.41. The molecule has 152 valence electrons. The van der Waals surface area contributed by atoms with Crippen LogP contribution in [0.5, 0.6) is 0 Å². The molecule has 0 saturated carbocycles. The summed E-state index contributed by atoms with van der Waals surface area (Å²) in [5.74, 6) is 2.22. The first kappa shape index (κ1) is 20.7. The average molecular weight is 408 g/mol. The molecule has 1 unspecified atom stereocenters. The Morgan fingerprint density at radius 1 is 1.29 bits per heavy atom. The summed E-state index contributed by atoms with van der Waals surface area (Å²) >= 11 is 0. The van der Waals surface area contributed by atoms with Crippen molar-refractivity contribution < 1.29 is 9.18 Å². The number of amides is 1. The summed E-state index contributed by atoms with van der Waals surface area (Å²) < 4.78 is 15.6. The summed E-state index contributed by atoms with van der Waals surface area (Å²) in [4.78, 5) is 14.8. The van der Waals surface area contributed by atoms with E-state index in [-0.39, 0.29) is 30.0 Å². The molecule has 1 saturated heterocycles. The van der Waals surface area contributed by atoms with Crippen molar-refractivity contribution in [2.75, 3.05) is 19.6 Å². The molecular weight excluding hydrogens is 381 g/mol. The molecule has 2 aliphatic rings. The van der Waals surface area contributed by atoms with E-state index in [2.05, 4.69) is 20.1 Å². The summed E-state index contributed by atoms with van der Waals surface area (Å²) in [7, 11) is 0. The van der Waals surface area contributed by atoms with Crippen LogP contribution in [0.2, 0.25) is 0 Å². The molecule has 0 aliphatic carbocycles. The van der Waals surface area contributed by atoms with E-state index in [0.717, 1.165) is 62.8 Å². The molecule has 4 rings (SSSR count). The van der Waals surface area contributed by atoms with Gasteiger partial charge in [0, 0.05) is 38.0 Å². The Balaban J connectivity index is 0.00000225. The zero-order chi connectivity index (χ0) is 18.8. The number of nitrogens with one attached hydrogen (secondary N) is 1. The van der Waals surface area contributed by atoms with Crippen molar-refractivity contribution in [1.29, 1.82) is 0 Å². The van der Waals surface area contributed by atoms with Crippen LogP contribution >= 0.6 is 12.4 Å². The van der Waals surface area contributed by atoms with Crippen LogP contribution in [0.4, 0.5) is 4.39 Å². The summed E-state index contributed by atoms with van der Waals surface area (Å²) in [5, 5.41) is 12.0. The summed E-state index contributed by atoms with van der Waals surface area (Å²) in [6.45, 7) is 6.08. The van der Waals surface area contributed by atoms with Crippen LogP contribution in [0.15, 0.2) is 24.3 Å². The fourth-order valence-electron chi connectivity index (χ4n) is 4.19. The SMILES string of the molecule is CC(Cc1cccc(F)c1)C(=O)N1CCC(c2nnc3n2CCNC3)CC1.Cl. The highest BCUT2D eigenvalue weighted by Gasteiger charge is 2.30. The minimum atomic E-state index is -0.250. The second-order valence-corrected chi connectivity index (χ2v) is 7.64. The fourth-order valence-corrected chi connectivity index (χ4v) is 4.19. The third kappa shape index (κ3) is 4.36.